The summed E-state index contributed by atoms with van der Waals surface area (Å²) in [5, 5.41) is 0. The van der Waals surface area contributed by atoms with Crippen LogP contribution in [0.15, 0.2) is 30.9 Å². The fourth-order valence-electron chi connectivity index (χ4n) is 3.13. The van der Waals surface area contributed by atoms with Gasteiger partial charge in [0.05, 0.1) is 6.33 Å². The minimum Gasteiger partial charge on any atom is -0.312 e. The molecule has 3 aromatic rings. The van der Waals surface area contributed by atoms with Gasteiger partial charge < -0.3 is 9.13 Å². The molecule has 1 aliphatic carbocycles. The first-order chi connectivity index (χ1) is 11.0. The maximum atomic E-state index is 13.2. The summed E-state index contributed by atoms with van der Waals surface area (Å²) in [5.41, 5.74) is 0.643. The van der Waals surface area contributed by atoms with E-state index in [-0.39, 0.29) is 17.5 Å². The monoisotopic (exact) mass is 321 g/mol. The molecule has 0 aliphatic heterocycles. The van der Waals surface area contributed by atoms with Crippen molar-refractivity contribution < 1.29 is 13.2 Å². The molecule has 0 spiro atoms. The third-order valence-corrected chi connectivity index (χ3v) is 4.22. The van der Waals surface area contributed by atoms with Crippen LogP contribution in [-0.4, -0.2) is 24.1 Å². The molecule has 8 heteroatoms. The molecule has 120 valence electrons. The smallest absolute Gasteiger partial charge is 0.312 e. The quantitative estimate of drug-likeness (QED) is 0.722. The maximum absolute atomic E-state index is 13.2. The van der Waals surface area contributed by atoms with Gasteiger partial charge in [0.1, 0.15) is 0 Å². The van der Waals surface area contributed by atoms with Gasteiger partial charge in [0.15, 0.2) is 17.0 Å². The highest BCUT2D eigenvalue weighted by Gasteiger charge is 2.36. The normalized spacial score (nSPS) is 16.5. The average molecular weight is 321 g/mol. The van der Waals surface area contributed by atoms with E-state index in [1.807, 2.05) is 0 Å². The Balaban J connectivity index is 1.97. The fraction of sp³-hybridized carbons (Fsp3) is 0.400. The van der Waals surface area contributed by atoms with Crippen LogP contribution in [0.25, 0.3) is 17.0 Å². The van der Waals surface area contributed by atoms with Crippen molar-refractivity contribution in [1.82, 2.24) is 24.1 Å². The van der Waals surface area contributed by atoms with E-state index < -0.39 is 12.0 Å². The highest BCUT2D eigenvalue weighted by Crippen LogP contribution is 2.34. The number of hydrogen-bond acceptors (Lipinski definition) is 3. The molecule has 0 aromatic carbocycles. The predicted octanol–water partition coefficient (Wildman–Crippen LogP) is 3.75. The van der Waals surface area contributed by atoms with Crippen LogP contribution in [0.2, 0.25) is 0 Å². The molecule has 23 heavy (non-hydrogen) atoms. The van der Waals surface area contributed by atoms with E-state index in [1.54, 1.807) is 35.4 Å². The lowest BCUT2D eigenvalue weighted by Crippen LogP contribution is -2.15. The maximum Gasteiger partial charge on any atom is 0.451 e. The lowest BCUT2D eigenvalue weighted by atomic mass is 10.2. The van der Waals surface area contributed by atoms with E-state index in [1.165, 1.54) is 4.57 Å². The topological polar surface area (TPSA) is 48.5 Å². The van der Waals surface area contributed by atoms with Gasteiger partial charge in [-0.3, -0.25) is 0 Å². The number of imidazole rings is 1. The molecule has 5 nitrogen and oxygen atoms in total. The average Bonchev–Trinajstić information content (AvgIpc) is 3.25. The molecule has 3 aromatic heterocycles. The van der Waals surface area contributed by atoms with Crippen LogP contribution in [0, 0.1) is 0 Å². The van der Waals surface area contributed by atoms with Gasteiger partial charge in [-0.25, -0.2) is 15.0 Å². The summed E-state index contributed by atoms with van der Waals surface area (Å²) >= 11 is 0. The van der Waals surface area contributed by atoms with Gasteiger partial charge in [0.2, 0.25) is 5.82 Å². The third-order valence-electron chi connectivity index (χ3n) is 4.22. The number of aromatic nitrogens is 5. The SMILES string of the molecule is FC(F)(F)c1nc(-n2cccc2)c2ncn(C3CCCC3)c2n1. The molecule has 3 heterocycles. The number of alkyl halides is 3. The third kappa shape index (κ3) is 2.38. The van der Waals surface area contributed by atoms with Crippen molar-refractivity contribution in [3.05, 3.63) is 36.7 Å². The number of hydrogen-bond donors (Lipinski definition) is 0. The lowest BCUT2D eigenvalue weighted by molar-refractivity contribution is -0.144. The Hall–Kier alpha value is -2.38. The van der Waals surface area contributed by atoms with Crippen molar-refractivity contribution in [3.63, 3.8) is 0 Å². The molecule has 0 N–H and O–H groups in total. The Labute approximate surface area is 129 Å². The predicted molar refractivity (Wildman–Crippen MR) is 77.2 cm³/mol. The summed E-state index contributed by atoms with van der Waals surface area (Å²) in [7, 11) is 0. The first kappa shape index (κ1) is 14.2. The molecule has 4 rings (SSSR count). The highest BCUT2D eigenvalue weighted by molar-refractivity contribution is 5.79. The van der Waals surface area contributed by atoms with E-state index >= 15 is 0 Å². The van der Waals surface area contributed by atoms with Crippen molar-refractivity contribution in [2.75, 3.05) is 0 Å². The summed E-state index contributed by atoms with van der Waals surface area (Å²) in [6.45, 7) is 0. The van der Waals surface area contributed by atoms with E-state index in [0.29, 0.717) is 5.52 Å². The van der Waals surface area contributed by atoms with E-state index in [9.17, 15) is 13.2 Å². The fourth-order valence-corrected chi connectivity index (χ4v) is 3.13. The molecule has 0 radical (unpaired) electrons. The van der Waals surface area contributed by atoms with Crippen molar-refractivity contribution in [1.29, 1.82) is 0 Å². The molecule has 1 saturated carbocycles. The number of rotatable bonds is 2. The van der Waals surface area contributed by atoms with E-state index in [0.717, 1.165) is 25.7 Å². The van der Waals surface area contributed by atoms with Gasteiger partial charge in [-0.2, -0.15) is 13.2 Å². The lowest BCUT2D eigenvalue weighted by Gasteiger charge is -2.13. The van der Waals surface area contributed by atoms with Gasteiger partial charge in [-0.15, -0.1) is 0 Å². The Kier molecular flexibility index (Phi) is 3.14. The molecule has 1 fully saturated rings. The Morgan fingerprint density at radius 2 is 1.74 bits per heavy atom. The summed E-state index contributed by atoms with van der Waals surface area (Å²) < 4.78 is 42.9. The van der Waals surface area contributed by atoms with Gasteiger partial charge in [-0.1, -0.05) is 12.8 Å². The first-order valence-electron chi connectivity index (χ1n) is 7.49. The first-order valence-corrected chi connectivity index (χ1v) is 7.49. The van der Waals surface area contributed by atoms with Crippen molar-refractivity contribution in [3.8, 4) is 5.82 Å². The second-order valence-corrected chi connectivity index (χ2v) is 5.72. The number of fused-ring (bicyclic) bond motifs is 1. The van der Waals surface area contributed by atoms with Crippen LogP contribution < -0.4 is 0 Å². The second kappa shape index (κ2) is 5.07. The van der Waals surface area contributed by atoms with Crippen molar-refractivity contribution in [2.24, 2.45) is 0 Å². The van der Waals surface area contributed by atoms with Crippen LogP contribution in [0.1, 0.15) is 37.5 Å². The van der Waals surface area contributed by atoms with E-state index in [2.05, 4.69) is 15.0 Å². The van der Waals surface area contributed by atoms with E-state index in [4.69, 9.17) is 0 Å². The van der Waals surface area contributed by atoms with Crippen molar-refractivity contribution >= 4 is 11.2 Å². The molecule has 1 aliphatic rings. The van der Waals surface area contributed by atoms with Gasteiger partial charge in [0.25, 0.3) is 0 Å². The van der Waals surface area contributed by atoms with Crippen molar-refractivity contribution in [2.45, 2.75) is 37.9 Å². The largest absolute Gasteiger partial charge is 0.451 e. The second-order valence-electron chi connectivity index (χ2n) is 5.72. The minimum atomic E-state index is -4.60. The Morgan fingerprint density at radius 3 is 2.39 bits per heavy atom. The minimum absolute atomic E-state index is 0.157. The van der Waals surface area contributed by atoms with Crippen LogP contribution in [-0.2, 0) is 6.18 Å². The van der Waals surface area contributed by atoms with Gasteiger partial charge >= 0.3 is 6.18 Å². The van der Waals surface area contributed by atoms with Crippen LogP contribution in [0.5, 0.6) is 0 Å². The molecule has 0 unspecified atom stereocenters. The molecule has 0 saturated heterocycles. The van der Waals surface area contributed by atoms with Gasteiger partial charge in [0, 0.05) is 18.4 Å². The highest BCUT2D eigenvalue weighted by atomic mass is 19.4. The standard InChI is InChI=1S/C15H14F3N5/c16-15(17,18)14-20-12(22-7-3-4-8-22)11-13(21-14)23(9-19-11)10-5-1-2-6-10/h3-4,7-10H,1-2,5-6H2. The zero-order chi connectivity index (χ0) is 16.0. The summed E-state index contributed by atoms with van der Waals surface area (Å²) in [6, 6.07) is 3.62. The van der Waals surface area contributed by atoms with Gasteiger partial charge in [-0.05, 0) is 25.0 Å². The molecule has 0 atom stereocenters. The van der Waals surface area contributed by atoms with Crippen LogP contribution in [0.3, 0.4) is 0 Å². The molecule has 0 bridgehead atoms. The number of halogens is 3. The van der Waals surface area contributed by atoms with Crippen LogP contribution >= 0.6 is 0 Å². The summed E-state index contributed by atoms with van der Waals surface area (Å²) in [6.07, 6.45) is 4.32. The summed E-state index contributed by atoms with van der Waals surface area (Å²) in [5.74, 6) is -0.975. The molecular formula is C15H14F3N5. The summed E-state index contributed by atoms with van der Waals surface area (Å²) in [4.78, 5) is 11.8. The Morgan fingerprint density at radius 1 is 1.04 bits per heavy atom. The molecular weight excluding hydrogens is 307 g/mol. The number of nitrogens with zero attached hydrogens (tertiary/aromatic N) is 5. The zero-order valence-electron chi connectivity index (χ0n) is 12.2. The zero-order valence-corrected chi connectivity index (χ0v) is 12.2. The van der Waals surface area contributed by atoms with Crippen LogP contribution in [0.4, 0.5) is 13.2 Å². The Bertz CT molecular complexity index is 829. The molecule has 0 amide bonds.